The van der Waals surface area contributed by atoms with Gasteiger partial charge in [-0.2, -0.15) is 0 Å². The van der Waals surface area contributed by atoms with Crippen molar-refractivity contribution in [3.05, 3.63) is 45.1 Å². The summed E-state index contributed by atoms with van der Waals surface area (Å²) in [5.74, 6) is 0.588. The van der Waals surface area contributed by atoms with Crippen LogP contribution < -0.4 is 10.1 Å². The Hall–Kier alpha value is -1.56. The number of fused-ring (bicyclic) bond motifs is 1. The number of carbonyl (C=O) groups excluding carboxylic acids is 1. The molecule has 23 heavy (non-hydrogen) atoms. The lowest BCUT2D eigenvalue weighted by molar-refractivity contribution is -0.116. The number of nitrogens with one attached hydrogen (secondary N) is 1. The first-order valence-electron chi connectivity index (χ1n) is 7.56. The maximum atomic E-state index is 12.2. The van der Waals surface area contributed by atoms with Crippen LogP contribution in [0.3, 0.4) is 0 Å². The van der Waals surface area contributed by atoms with Gasteiger partial charge in [-0.15, -0.1) is 11.3 Å². The summed E-state index contributed by atoms with van der Waals surface area (Å²) in [6.45, 7) is 2.71. The molecule has 1 aliphatic heterocycles. The van der Waals surface area contributed by atoms with Gasteiger partial charge in [0.25, 0.3) is 0 Å². The molecule has 2 heterocycles. The Morgan fingerprint density at radius 1 is 1.43 bits per heavy atom. The number of anilines is 1. The molecule has 0 bridgehead atoms. The van der Waals surface area contributed by atoms with Crippen LogP contribution in [0.15, 0.2) is 29.6 Å². The maximum Gasteiger partial charge on any atom is 0.225 e. The Balaban J connectivity index is 1.53. The average Bonchev–Trinajstić information content (AvgIpc) is 3.01. The van der Waals surface area contributed by atoms with E-state index in [4.69, 9.17) is 16.3 Å². The van der Waals surface area contributed by atoms with Gasteiger partial charge in [0.2, 0.25) is 5.91 Å². The minimum absolute atomic E-state index is 0.0262. The summed E-state index contributed by atoms with van der Waals surface area (Å²) in [5.41, 5.74) is 2.02. The summed E-state index contributed by atoms with van der Waals surface area (Å²) >= 11 is 7.81. The number of rotatable bonds is 5. The van der Waals surface area contributed by atoms with E-state index in [1.807, 2.05) is 11.3 Å². The molecule has 122 valence electrons. The van der Waals surface area contributed by atoms with Crippen molar-refractivity contribution in [2.24, 2.45) is 0 Å². The second-order valence-electron chi connectivity index (χ2n) is 5.54. The molecule has 0 aliphatic carbocycles. The summed E-state index contributed by atoms with van der Waals surface area (Å²) < 4.78 is 5.24. The maximum absolute atomic E-state index is 12.2. The van der Waals surface area contributed by atoms with E-state index >= 15 is 0 Å². The van der Waals surface area contributed by atoms with E-state index in [-0.39, 0.29) is 5.91 Å². The van der Waals surface area contributed by atoms with Crippen molar-refractivity contribution >= 4 is 34.5 Å². The van der Waals surface area contributed by atoms with Gasteiger partial charge >= 0.3 is 0 Å². The van der Waals surface area contributed by atoms with E-state index < -0.39 is 0 Å². The molecule has 1 aromatic heterocycles. The first-order valence-corrected chi connectivity index (χ1v) is 8.82. The van der Waals surface area contributed by atoms with E-state index in [0.717, 1.165) is 26.1 Å². The number of ether oxygens (including phenoxy) is 1. The molecule has 1 aromatic carbocycles. The highest BCUT2D eigenvalue weighted by Crippen LogP contribution is 2.28. The molecule has 1 N–H and O–H groups in total. The molecule has 1 amide bonds. The number of benzene rings is 1. The number of thiophene rings is 1. The number of amides is 1. The third kappa shape index (κ3) is 4.05. The largest absolute Gasteiger partial charge is 0.495 e. The lowest BCUT2D eigenvalue weighted by Crippen LogP contribution is -2.32. The van der Waals surface area contributed by atoms with Gasteiger partial charge in [-0.05, 0) is 41.6 Å². The van der Waals surface area contributed by atoms with Gasteiger partial charge in [-0.1, -0.05) is 11.6 Å². The van der Waals surface area contributed by atoms with E-state index in [2.05, 4.69) is 21.7 Å². The second-order valence-corrected chi connectivity index (χ2v) is 6.98. The topological polar surface area (TPSA) is 41.6 Å². The molecule has 0 atom stereocenters. The monoisotopic (exact) mass is 350 g/mol. The predicted molar refractivity (Wildman–Crippen MR) is 94.6 cm³/mol. The van der Waals surface area contributed by atoms with Gasteiger partial charge in [0.15, 0.2) is 0 Å². The van der Waals surface area contributed by atoms with Gasteiger partial charge in [-0.3, -0.25) is 9.69 Å². The molecule has 0 fully saturated rings. The molecule has 0 radical (unpaired) electrons. The first kappa shape index (κ1) is 16.3. The number of carbonyl (C=O) groups is 1. The van der Waals surface area contributed by atoms with Crippen LogP contribution in [0.4, 0.5) is 5.69 Å². The molecular formula is C17H19ClN2O2S. The third-order valence-corrected chi connectivity index (χ3v) is 5.24. The summed E-state index contributed by atoms with van der Waals surface area (Å²) in [7, 11) is 1.57. The lowest BCUT2D eigenvalue weighted by atomic mass is 10.1. The van der Waals surface area contributed by atoms with Crippen LogP contribution in [0, 0.1) is 0 Å². The van der Waals surface area contributed by atoms with Crippen molar-refractivity contribution in [3.8, 4) is 5.75 Å². The Morgan fingerprint density at radius 3 is 3.13 bits per heavy atom. The summed E-state index contributed by atoms with van der Waals surface area (Å²) in [6.07, 6.45) is 1.53. The Morgan fingerprint density at radius 2 is 2.30 bits per heavy atom. The van der Waals surface area contributed by atoms with E-state index in [1.54, 1.807) is 25.3 Å². The number of methoxy groups -OCH3 is 1. The van der Waals surface area contributed by atoms with Crippen molar-refractivity contribution < 1.29 is 9.53 Å². The SMILES string of the molecule is COc1ccc(Cl)cc1NC(=O)CCN1CCc2sccc2C1. The van der Waals surface area contributed by atoms with Crippen LogP contribution in [0.5, 0.6) is 5.75 Å². The summed E-state index contributed by atoms with van der Waals surface area (Å²) in [5, 5.41) is 5.60. The molecule has 0 saturated heterocycles. The van der Waals surface area contributed by atoms with Gasteiger partial charge < -0.3 is 10.1 Å². The second kappa shape index (κ2) is 7.34. The average molecular weight is 351 g/mol. The van der Waals surface area contributed by atoms with Crippen LogP contribution in [-0.2, 0) is 17.8 Å². The highest BCUT2D eigenvalue weighted by molar-refractivity contribution is 7.10. The quantitative estimate of drug-likeness (QED) is 0.891. The van der Waals surface area contributed by atoms with Crippen molar-refractivity contribution in [2.45, 2.75) is 19.4 Å². The number of halogens is 1. The van der Waals surface area contributed by atoms with E-state index in [9.17, 15) is 4.79 Å². The molecule has 0 saturated carbocycles. The fourth-order valence-corrected chi connectivity index (χ4v) is 3.81. The number of hydrogen-bond acceptors (Lipinski definition) is 4. The zero-order valence-corrected chi connectivity index (χ0v) is 14.5. The number of nitrogens with zero attached hydrogens (tertiary/aromatic N) is 1. The standard InChI is InChI=1S/C17H19ClN2O2S/c1-22-15-3-2-13(18)10-14(15)19-17(21)5-8-20-7-4-16-12(11-20)6-9-23-16/h2-3,6,9-10H,4-5,7-8,11H2,1H3,(H,19,21). The highest BCUT2D eigenvalue weighted by Gasteiger charge is 2.18. The zero-order chi connectivity index (χ0) is 16.2. The third-order valence-electron chi connectivity index (χ3n) is 3.98. The Bertz CT molecular complexity index is 702. The summed E-state index contributed by atoms with van der Waals surface area (Å²) in [6, 6.07) is 7.38. The smallest absolute Gasteiger partial charge is 0.225 e. The number of hydrogen-bond donors (Lipinski definition) is 1. The fourth-order valence-electron chi connectivity index (χ4n) is 2.75. The van der Waals surface area contributed by atoms with Crippen LogP contribution in [0.2, 0.25) is 5.02 Å². The van der Waals surface area contributed by atoms with Crippen molar-refractivity contribution in [3.63, 3.8) is 0 Å². The minimum Gasteiger partial charge on any atom is -0.495 e. The van der Waals surface area contributed by atoms with Crippen LogP contribution >= 0.6 is 22.9 Å². The first-order chi connectivity index (χ1) is 11.2. The van der Waals surface area contributed by atoms with Gasteiger partial charge in [0, 0.05) is 36.0 Å². The highest BCUT2D eigenvalue weighted by atomic mass is 35.5. The van der Waals surface area contributed by atoms with Crippen molar-refractivity contribution in [2.75, 3.05) is 25.5 Å². The lowest BCUT2D eigenvalue weighted by Gasteiger charge is -2.26. The summed E-state index contributed by atoms with van der Waals surface area (Å²) in [4.78, 5) is 16.0. The molecule has 6 heteroatoms. The zero-order valence-electron chi connectivity index (χ0n) is 13.0. The van der Waals surface area contributed by atoms with Crippen molar-refractivity contribution in [1.82, 2.24) is 4.90 Å². The normalized spacial score (nSPS) is 14.3. The van der Waals surface area contributed by atoms with Gasteiger partial charge in [0.05, 0.1) is 12.8 Å². The molecule has 3 rings (SSSR count). The van der Waals surface area contributed by atoms with Gasteiger partial charge in [0.1, 0.15) is 5.75 Å². The van der Waals surface area contributed by atoms with E-state index in [1.165, 1.54) is 10.4 Å². The molecular weight excluding hydrogens is 332 g/mol. The van der Waals surface area contributed by atoms with Crippen LogP contribution in [0.1, 0.15) is 16.9 Å². The molecule has 2 aromatic rings. The Labute approximate surface area is 145 Å². The predicted octanol–water partition coefficient (Wildman–Crippen LogP) is 3.80. The van der Waals surface area contributed by atoms with Crippen LogP contribution in [0.25, 0.3) is 0 Å². The minimum atomic E-state index is -0.0262. The molecule has 4 nitrogen and oxygen atoms in total. The molecule has 0 spiro atoms. The fraction of sp³-hybridized carbons (Fsp3) is 0.353. The molecule has 0 unspecified atom stereocenters. The van der Waals surface area contributed by atoms with Crippen molar-refractivity contribution in [1.29, 1.82) is 0 Å². The molecule has 1 aliphatic rings. The Kier molecular flexibility index (Phi) is 5.20. The van der Waals surface area contributed by atoms with Crippen LogP contribution in [-0.4, -0.2) is 31.0 Å². The van der Waals surface area contributed by atoms with Gasteiger partial charge in [-0.25, -0.2) is 0 Å². The van der Waals surface area contributed by atoms with E-state index in [0.29, 0.717) is 22.9 Å².